The van der Waals surface area contributed by atoms with Crippen LogP contribution < -0.4 is 14.8 Å². The topological polar surface area (TPSA) is 54.0 Å². The Morgan fingerprint density at radius 3 is 2.56 bits per heavy atom. The van der Waals surface area contributed by atoms with Gasteiger partial charge in [0.2, 0.25) is 0 Å². The molecule has 27 heavy (non-hydrogen) atoms. The maximum absolute atomic E-state index is 13.3. The fraction of sp³-hybridized carbons (Fsp3) is 0.350. The summed E-state index contributed by atoms with van der Waals surface area (Å²) in [6, 6.07) is 11.9. The Kier molecular flexibility index (Phi) is 5.11. The van der Waals surface area contributed by atoms with Gasteiger partial charge in [0.05, 0.1) is 0 Å². The van der Waals surface area contributed by atoms with Crippen LogP contribution in [0.3, 0.4) is 0 Å². The number of carbonyl (C=O) groups is 1. The number of piperazine rings is 1. The van der Waals surface area contributed by atoms with Crippen LogP contribution >= 0.6 is 0 Å². The van der Waals surface area contributed by atoms with Gasteiger partial charge in [-0.25, -0.2) is 9.18 Å². The number of urea groups is 1. The molecule has 0 radical (unpaired) electrons. The molecule has 0 unspecified atom stereocenters. The van der Waals surface area contributed by atoms with E-state index in [4.69, 9.17) is 9.47 Å². The number of fused-ring (bicyclic) bond motifs is 1. The van der Waals surface area contributed by atoms with Crippen LogP contribution in [0.25, 0.3) is 0 Å². The Bertz CT molecular complexity index is 822. The quantitative estimate of drug-likeness (QED) is 0.901. The van der Waals surface area contributed by atoms with Gasteiger partial charge in [0.1, 0.15) is 19.0 Å². The van der Waals surface area contributed by atoms with Crippen LogP contribution in [0.15, 0.2) is 42.5 Å². The molecule has 2 aliphatic rings. The normalized spacial score (nSPS) is 16.9. The summed E-state index contributed by atoms with van der Waals surface area (Å²) in [5.41, 5.74) is 1.63. The van der Waals surface area contributed by atoms with Crippen molar-refractivity contribution < 1.29 is 18.7 Å². The number of nitrogens with one attached hydrogen (secondary N) is 1. The van der Waals surface area contributed by atoms with Crippen LogP contribution in [0, 0.1) is 5.82 Å². The molecule has 2 aromatic carbocycles. The summed E-state index contributed by atoms with van der Waals surface area (Å²) in [4.78, 5) is 16.5. The zero-order chi connectivity index (χ0) is 18.6. The molecule has 7 heteroatoms. The Hall–Kier alpha value is -2.80. The van der Waals surface area contributed by atoms with Crippen LogP contribution in [-0.4, -0.2) is 55.2 Å². The first-order valence-corrected chi connectivity index (χ1v) is 9.10. The first-order chi connectivity index (χ1) is 13.2. The van der Waals surface area contributed by atoms with Gasteiger partial charge in [-0.1, -0.05) is 12.1 Å². The third-order valence-corrected chi connectivity index (χ3v) is 4.75. The van der Waals surface area contributed by atoms with E-state index in [2.05, 4.69) is 10.2 Å². The van der Waals surface area contributed by atoms with Gasteiger partial charge < -0.3 is 19.7 Å². The largest absolute Gasteiger partial charge is 0.486 e. The average molecular weight is 371 g/mol. The number of halogens is 1. The van der Waals surface area contributed by atoms with Crippen molar-refractivity contribution in [2.75, 3.05) is 44.7 Å². The second kappa shape index (κ2) is 7.84. The van der Waals surface area contributed by atoms with E-state index in [1.807, 2.05) is 12.1 Å². The molecule has 0 atom stereocenters. The highest BCUT2D eigenvalue weighted by Gasteiger charge is 2.22. The zero-order valence-electron chi connectivity index (χ0n) is 15.0. The molecule has 6 nitrogen and oxygen atoms in total. The SMILES string of the molecule is O=C(Nc1ccc2c(c1)OCCO2)N1CCN(Cc2cccc(F)c2)CC1. The lowest BCUT2D eigenvalue weighted by Crippen LogP contribution is -2.49. The van der Waals surface area contributed by atoms with Crippen LogP contribution in [0.2, 0.25) is 0 Å². The molecule has 2 aromatic rings. The molecule has 2 aliphatic heterocycles. The van der Waals surface area contributed by atoms with Crippen LogP contribution in [-0.2, 0) is 6.54 Å². The number of amides is 2. The lowest BCUT2D eigenvalue weighted by molar-refractivity contribution is 0.143. The summed E-state index contributed by atoms with van der Waals surface area (Å²) < 4.78 is 24.3. The number of hydrogen-bond donors (Lipinski definition) is 1. The van der Waals surface area contributed by atoms with Gasteiger partial charge in [0, 0.05) is 44.5 Å². The molecule has 1 fully saturated rings. The van der Waals surface area contributed by atoms with Crippen molar-refractivity contribution in [1.82, 2.24) is 9.80 Å². The number of ether oxygens (including phenoxy) is 2. The summed E-state index contributed by atoms with van der Waals surface area (Å²) in [6.07, 6.45) is 0. The summed E-state index contributed by atoms with van der Waals surface area (Å²) in [5.74, 6) is 1.13. The molecule has 0 aromatic heterocycles. The van der Waals surface area contributed by atoms with Gasteiger partial charge in [-0.15, -0.1) is 0 Å². The minimum Gasteiger partial charge on any atom is -0.486 e. The second-order valence-electron chi connectivity index (χ2n) is 6.68. The van der Waals surface area contributed by atoms with Gasteiger partial charge in [0.15, 0.2) is 11.5 Å². The van der Waals surface area contributed by atoms with Gasteiger partial charge in [-0.2, -0.15) is 0 Å². The van der Waals surface area contributed by atoms with E-state index in [0.717, 1.165) is 18.7 Å². The van der Waals surface area contributed by atoms with Crippen molar-refractivity contribution >= 4 is 11.7 Å². The number of hydrogen-bond acceptors (Lipinski definition) is 4. The molecular weight excluding hydrogens is 349 g/mol. The van der Waals surface area contributed by atoms with Crippen molar-refractivity contribution in [3.63, 3.8) is 0 Å². The fourth-order valence-electron chi connectivity index (χ4n) is 3.33. The van der Waals surface area contributed by atoms with Crippen molar-refractivity contribution in [3.05, 3.63) is 53.8 Å². The molecule has 0 aliphatic carbocycles. The van der Waals surface area contributed by atoms with Crippen molar-refractivity contribution in [1.29, 1.82) is 0 Å². The van der Waals surface area contributed by atoms with Crippen LogP contribution in [0.1, 0.15) is 5.56 Å². The lowest BCUT2D eigenvalue weighted by Gasteiger charge is -2.34. The highest BCUT2D eigenvalue weighted by molar-refractivity contribution is 5.89. The standard InChI is InChI=1S/C20H22FN3O3/c21-16-3-1-2-15(12-16)14-23-6-8-24(9-7-23)20(25)22-17-4-5-18-19(13-17)27-11-10-26-18/h1-5,12-13H,6-11,14H2,(H,22,25). The maximum Gasteiger partial charge on any atom is 0.321 e. The van der Waals surface area contributed by atoms with E-state index in [1.165, 1.54) is 6.07 Å². The molecule has 0 spiro atoms. The molecule has 142 valence electrons. The first-order valence-electron chi connectivity index (χ1n) is 9.10. The van der Waals surface area contributed by atoms with E-state index < -0.39 is 0 Å². The summed E-state index contributed by atoms with van der Waals surface area (Å²) in [6.45, 7) is 4.51. The van der Waals surface area contributed by atoms with Crippen LogP contribution in [0.4, 0.5) is 14.9 Å². The first kappa shape index (κ1) is 17.6. The van der Waals surface area contributed by atoms with Crippen molar-refractivity contribution in [2.24, 2.45) is 0 Å². The molecule has 1 N–H and O–H groups in total. The third kappa shape index (κ3) is 4.31. The number of benzene rings is 2. The highest BCUT2D eigenvalue weighted by Crippen LogP contribution is 2.32. The van der Waals surface area contributed by atoms with Crippen molar-refractivity contribution in [2.45, 2.75) is 6.54 Å². The van der Waals surface area contributed by atoms with Gasteiger partial charge in [0.25, 0.3) is 0 Å². The highest BCUT2D eigenvalue weighted by atomic mass is 19.1. The smallest absolute Gasteiger partial charge is 0.321 e. The molecule has 2 heterocycles. The minimum atomic E-state index is -0.218. The Morgan fingerprint density at radius 1 is 1.00 bits per heavy atom. The predicted molar refractivity (Wildman–Crippen MR) is 99.7 cm³/mol. The van der Waals surface area contributed by atoms with Gasteiger partial charge >= 0.3 is 6.03 Å². The number of rotatable bonds is 3. The van der Waals surface area contributed by atoms with E-state index in [9.17, 15) is 9.18 Å². The maximum atomic E-state index is 13.3. The summed E-state index contributed by atoms with van der Waals surface area (Å²) >= 11 is 0. The van der Waals surface area contributed by atoms with E-state index in [0.29, 0.717) is 50.0 Å². The Labute approximate surface area is 157 Å². The molecule has 0 bridgehead atoms. The van der Waals surface area contributed by atoms with Crippen molar-refractivity contribution in [3.8, 4) is 11.5 Å². The molecule has 4 rings (SSSR count). The Morgan fingerprint density at radius 2 is 1.78 bits per heavy atom. The van der Waals surface area contributed by atoms with Crippen LogP contribution in [0.5, 0.6) is 11.5 Å². The molecule has 0 saturated carbocycles. The van der Waals surface area contributed by atoms with E-state index >= 15 is 0 Å². The number of nitrogens with zero attached hydrogens (tertiary/aromatic N) is 2. The van der Waals surface area contributed by atoms with E-state index in [-0.39, 0.29) is 11.8 Å². The molecule has 2 amide bonds. The second-order valence-corrected chi connectivity index (χ2v) is 6.68. The lowest BCUT2D eigenvalue weighted by atomic mass is 10.2. The predicted octanol–water partition coefficient (Wildman–Crippen LogP) is 2.95. The zero-order valence-corrected chi connectivity index (χ0v) is 15.0. The summed E-state index contributed by atoms with van der Waals surface area (Å²) in [7, 11) is 0. The monoisotopic (exact) mass is 371 g/mol. The number of carbonyl (C=O) groups excluding carboxylic acids is 1. The molecule has 1 saturated heterocycles. The fourth-order valence-corrected chi connectivity index (χ4v) is 3.33. The Balaban J connectivity index is 1.29. The average Bonchev–Trinajstić information content (AvgIpc) is 2.68. The minimum absolute atomic E-state index is 0.128. The third-order valence-electron chi connectivity index (χ3n) is 4.75. The van der Waals surface area contributed by atoms with E-state index in [1.54, 1.807) is 29.2 Å². The summed E-state index contributed by atoms with van der Waals surface area (Å²) in [5, 5.41) is 2.92. The van der Waals surface area contributed by atoms with Gasteiger partial charge in [-0.05, 0) is 29.8 Å². The number of anilines is 1. The van der Waals surface area contributed by atoms with Gasteiger partial charge in [-0.3, -0.25) is 4.90 Å². The molecular formula is C20H22FN3O3.